The molecule has 0 heterocycles. The van der Waals surface area contributed by atoms with Gasteiger partial charge in [0.05, 0.1) is 16.9 Å². The second-order valence-corrected chi connectivity index (χ2v) is 8.29. The van der Waals surface area contributed by atoms with Crippen LogP contribution >= 0.6 is 0 Å². The van der Waals surface area contributed by atoms with Gasteiger partial charge in [0.2, 0.25) is 10.0 Å². The zero-order chi connectivity index (χ0) is 17.4. The summed E-state index contributed by atoms with van der Waals surface area (Å²) in [5.41, 5.74) is -0.363. The van der Waals surface area contributed by atoms with Gasteiger partial charge >= 0.3 is 5.97 Å². The normalized spacial score (nSPS) is 19.3. The molecule has 0 aromatic heterocycles. The standard InChI is InChI=1S/C16H20N2O5S/c19-14(20)10-16(8-1-9-16)17-15(21)11-2-6-13(7-3-11)24(22,23)18-12-4-5-12/h2-3,6-7,12,18H,1,4-5,8-10H2,(H,17,21)(H,19,20). The first-order valence-corrected chi connectivity index (χ1v) is 9.45. The zero-order valence-corrected chi connectivity index (χ0v) is 13.9. The van der Waals surface area contributed by atoms with Crippen LogP contribution in [0.25, 0.3) is 0 Å². The highest BCUT2D eigenvalue weighted by Gasteiger charge is 2.40. The van der Waals surface area contributed by atoms with E-state index in [1.54, 1.807) is 0 Å². The van der Waals surface area contributed by atoms with Crippen LogP contribution in [0.15, 0.2) is 29.2 Å². The maximum Gasteiger partial charge on any atom is 0.305 e. The van der Waals surface area contributed by atoms with Gasteiger partial charge in [-0.3, -0.25) is 9.59 Å². The zero-order valence-electron chi connectivity index (χ0n) is 13.1. The van der Waals surface area contributed by atoms with Gasteiger partial charge in [0.25, 0.3) is 5.91 Å². The van der Waals surface area contributed by atoms with Crippen molar-refractivity contribution >= 4 is 21.9 Å². The van der Waals surface area contributed by atoms with Crippen LogP contribution in [0.3, 0.4) is 0 Å². The van der Waals surface area contributed by atoms with E-state index in [1.165, 1.54) is 24.3 Å². The summed E-state index contributed by atoms with van der Waals surface area (Å²) >= 11 is 0. The fourth-order valence-corrected chi connectivity index (χ4v) is 4.13. The predicted octanol–water partition coefficient (Wildman–Crippen LogP) is 1.25. The van der Waals surface area contributed by atoms with E-state index in [4.69, 9.17) is 5.11 Å². The van der Waals surface area contributed by atoms with Gasteiger partial charge in [-0.15, -0.1) is 0 Å². The Morgan fingerprint density at radius 2 is 1.79 bits per heavy atom. The first-order valence-electron chi connectivity index (χ1n) is 7.96. The lowest BCUT2D eigenvalue weighted by Crippen LogP contribution is -2.54. The van der Waals surface area contributed by atoms with Crippen molar-refractivity contribution in [3.63, 3.8) is 0 Å². The lowest BCUT2D eigenvalue weighted by Gasteiger charge is -2.41. The smallest absolute Gasteiger partial charge is 0.305 e. The average Bonchev–Trinajstić information content (AvgIpc) is 3.27. The summed E-state index contributed by atoms with van der Waals surface area (Å²) in [5, 5.41) is 11.8. The van der Waals surface area contributed by atoms with E-state index in [2.05, 4.69) is 10.0 Å². The molecule has 0 spiro atoms. The Kier molecular flexibility index (Phi) is 4.35. The van der Waals surface area contributed by atoms with Crippen LogP contribution in [0.5, 0.6) is 0 Å². The summed E-state index contributed by atoms with van der Waals surface area (Å²) in [6.45, 7) is 0. The van der Waals surface area contributed by atoms with Crippen LogP contribution in [0, 0.1) is 0 Å². The number of carbonyl (C=O) groups excluding carboxylic acids is 1. The van der Waals surface area contributed by atoms with Gasteiger partial charge in [-0.1, -0.05) is 0 Å². The number of carbonyl (C=O) groups is 2. The summed E-state index contributed by atoms with van der Waals surface area (Å²) in [5.74, 6) is -1.32. The van der Waals surface area contributed by atoms with E-state index >= 15 is 0 Å². The third-order valence-electron chi connectivity index (χ3n) is 4.50. The fraction of sp³-hybridized carbons (Fsp3) is 0.500. The van der Waals surface area contributed by atoms with Crippen molar-refractivity contribution in [1.29, 1.82) is 0 Å². The van der Waals surface area contributed by atoms with Crippen molar-refractivity contribution in [1.82, 2.24) is 10.0 Å². The van der Waals surface area contributed by atoms with Crippen LogP contribution in [0.1, 0.15) is 48.9 Å². The lowest BCUT2D eigenvalue weighted by molar-refractivity contribution is -0.139. The third-order valence-corrected chi connectivity index (χ3v) is 6.04. The molecule has 0 aliphatic heterocycles. The minimum Gasteiger partial charge on any atom is -0.481 e. The summed E-state index contributed by atoms with van der Waals surface area (Å²) < 4.78 is 26.8. The van der Waals surface area contributed by atoms with E-state index in [9.17, 15) is 18.0 Å². The van der Waals surface area contributed by atoms with Crippen LogP contribution in [-0.2, 0) is 14.8 Å². The molecule has 2 aliphatic rings. The van der Waals surface area contributed by atoms with E-state index in [0.717, 1.165) is 19.3 Å². The van der Waals surface area contributed by atoms with Gasteiger partial charge in [-0.2, -0.15) is 0 Å². The quantitative estimate of drug-likeness (QED) is 0.684. The molecule has 0 atom stereocenters. The second kappa shape index (κ2) is 6.18. The highest BCUT2D eigenvalue weighted by Crippen LogP contribution is 2.35. The SMILES string of the molecule is O=C(O)CC1(NC(=O)c2ccc(S(=O)(=O)NC3CC3)cc2)CCC1. The van der Waals surface area contributed by atoms with Gasteiger partial charge in [-0.05, 0) is 56.4 Å². The monoisotopic (exact) mass is 352 g/mol. The van der Waals surface area contributed by atoms with E-state index in [-0.39, 0.29) is 23.3 Å². The molecule has 2 aliphatic carbocycles. The number of amides is 1. The molecule has 24 heavy (non-hydrogen) atoms. The van der Waals surface area contributed by atoms with Crippen LogP contribution in [0.2, 0.25) is 0 Å². The van der Waals surface area contributed by atoms with Crippen molar-refractivity contribution < 1.29 is 23.1 Å². The Morgan fingerprint density at radius 1 is 1.17 bits per heavy atom. The van der Waals surface area contributed by atoms with Crippen molar-refractivity contribution in [2.75, 3.05) is 0 Å². The predicted molar refractivity (Wildman–Crippen MR) is 86.1 cm³/mol. The summed E-state index contributed by atoms with van der Waals surface area (Å²) in [7, 11) is -3.54. The molecule has 7 nitrogen and oxygen atoms in total. The number of carboxylic acid groups (broad SMARTS) is 1. The average molecular weight is 352 g/mol. The molecule has 8 heteroatoms. The molecule has 3 N–H and O–H groups in total. The molecule has 0 radical (unpaired) electrons. The largest absolute Gasteiger partial charge is 0.481 e. The van der Waals surface area contributed by atoms with Crippen molar-refractivity contribution in [3.05, 3.63) is 29.8 Å². The van der Waals surface area contributed by atoms with Crippen molar-refractivity contribution in [2.24, 2.45) is 0 Å². The minimum absolute atomic E-state index is 0.0208. The van der Waals surface area contributed by atoms with Gasteiger partial charge in [0.15, 0.2) is 0 Å². The Labute approximate surface area is 140 Å². The molecule has 0 saturated heterocycles. The Balaban J connectivity index is 1.68. The molecule has 1 aromatic rings. The van der Waals surface area contributed by atoms with Crippen LogP contribution in [-0.4, -0.2) is 37.0 Å². The number of aliphatic carboxylic acids is 1. The number of hydrogen-bond donors (Lipinski definition) is 3. The van der Waals surface area contributed by atoms with Crippen molar-refractivity contribution in [2.45, 2.75) is 55.0 Å². The highest BCUT2D eigenvalue weighted by molar-refractivity contribution is 7.89. The molecule has 1 amide bonds. The van der Waals surface area contributed by atoms with Crippen LogP contribution in [0.4, 0.5) is 0 Å². The first kappa shape index (κ1) is 16.9. The lowest BCUT2D eigenvalue weighted by atomic mass is 9.74. The Bertz CT molecular complexity index is 749. The topological polar surface area (TPSA) is 113 Å². The van der Waals surface area contributed by atoms with E-state index in [1.807, 2.05) is 0 Å². The number of rotatable bonds is 7. The number of sulfonamides is 1. The fourth-order valence-electron chi connectivity index (χ4n) is 2.83. The van der Waals surface area contributed by atoms with Gasteiger partial charge in [0, 0.05) is 11.6 Å². The summed E-state index contributed by atoms with van der Waals surface area (Å²) in [6.07, 6.45) is 3.77. The Hall–Kier alpha value is -1.93. The second-order valence-electron chi connectivity index (χ2n) is 6.58. The number of hydrogen-bond acceptors (Lipinski definition) is 4. The molecular formula is C16H20N2O5S. The van der Waals surface area contributed by atoms with Gasteiger partial charge in [0.1, 0.15) is 0 Å². The number of benzene rings is 1. The number of carboxylic acids is 1. The summed E-state index contributed by atoms with van der Waals surface area (Å²) in [6, 6.07) is 5.70. The van der Waals surface area contributed by atoms with Gasteiger partial charge < -0.3 is 10.4 Å². The third kappa shape index (κ3) is 3.76. The van der Waals surface area contributed by atoms with E-state index < -0.39 is 21.5 Å². The minimum atomic E-state index is -3.54. The molecule has 0 unspecified atom stereocenters. The molecule has 0 bridgehead atoms. The molecule has 3 rings (SSSR count). The molecule has 130 valence electrons. The van der Waals surface area contributed by atoms with Crippen molar-refractivity contribution in [3.8, 4) is 0 Å². The van der Waals surface area contributed by atoms with Gasteiger partial charge in [-0.25, -0.2) is 13.1 Å². The maximum absolute atomic E-state index is 12.3. The number of nitrogens with one attached hydrogen (secondary N) is 2. The molecule has 2 saturated carbocycles. The Morgan fingerprint density at radius 3 is 2.25 bits per heavy atom. The summed E-state index contributed by atoms with van der Waals surface area (Å²) in [4.78, 5) is 23.4. The molecule has 1 aromatic carbocycles. The molecular weight excluding hydrogens is 332 g/mol. The highest BCUT2D eigenvalue weighted by atomic mass is 32.2. The van der Waals surface area contributed by atoms with E-state index in [0.29, 0.717) is 18.4 Å². The maximum atomic E-state index is 12.3. The first-order chi connectivity index (χ1) is 11.3. The van der Waals surface area contributed by atoms with Crippen LogP contribution < -0.4 is 10.0 Å². The molecule has 2 fully saturated rings.